The van der Waals surface area contributed by atoms with E-state index in [1.165, 1.54) is 101 Å². The molecule has 3 heteroatoms. The topological polar surface area (TPSA) is 3.24 Å². The fourth-order valence-corrected chi connectivity index (χ4v) is 10.9. The lowest BCUT2D eigenvalue weighted by Gasteiger charge is -2.30. The van der Waals surface area contributed by atoms with E-state index in [9.17, 15) is 0 Å². The number of fused-ring (bicyclic) bond motifs is 7. The Balaban J connectivity index is 1.09. The molecule has 0 saturated carbocycles. The van der Waals surface area contributed by atoms with Gasteiger partial charge < -0.3 is 4.90 Å². The van der Waals surface area contributed by atoms with Crippen molar-refractivity contribution >= 4 is 85.2 Å². The number of para-hydroxylation sites is 2. The van der Waals surface area contributed by atoms with E-state index in [1.807, 2.05) is 22.7 Å². The molecule has 0 atom stereocenters. The van der Waals surface area contributed by atoms with Crippen LogP contribution in [0.1, 0.15) is 5.56 Å². The number of benzene rings is 9. The van der Waals surface area contributed by atoms with Gasteiger partial charge in [0.15, 0.2) is 0 Å². The van der Waals surface area contributed by atoms with E-state index in [0.717, 1.165) is 0 Å². The van der Waals surface area contributed by atoms with Crippen molar-refractivity contribution in [1.82, 2.24) is 0 Å². The van der Waals surface area contributed by atoms with E-state index in [4.69, 9.17) is 0 Å². The second-order valence-corrected chi connectivity index (χ2v) is 16.6. The van der Waals surface area contributed by atoms with Crippen molar-refractivity contribution in [3.63, 3.8) is 0 Å². The monoisotopic (exact) mass is 749 g/mol. The summed E-state index contributed by atoms with van der Waals surface area (Å²) in [5.74, 6) is 0. The molecule has 0 N–H and O–H groups in total. The molecular formula is C53H35NS2. The second kappa shape index (κ2) is 13.6. The normalized spacial score (nSPS) is 11.6. The van der Waals surface area contributed by atoms with E-state index in [-0.39, 0.29) is 0 Å². The van der Waals surface area contributed by atoms with Gasteiger partial charge in [0.25, 0.3) is 0 Å². The molecule has 0 fully saturated rings. The Bertz CT molecular complexity index is 3250. The van der Waals surface area contributed by atoms with Crippen LogP contribution in [0.25, 0.3) is 84.5 Å². The molecule has 2 aromatic heterocycles. The Hall–Kier alpha value is -6.52. The summed E-state index contributed by atoms with van der Waals surface area (Å²) >= 11 is 3.76. The molecule has 0 unspecified atom stereocenters. The van der Waals surface area contributed by atoms with Crippen LogP contribution in [-0.2, 0) is 6.54 Å². The first kappa shape index (κ1) is 32.9. The van der Waals surface area contributed by atoms with E-state index in [2.05, 4.69) is 205 Å². The maximum atomic E-state index is 2.55. The van der Waals surface area contributed by atoms with Crippen molar-refractivity contribution in [2.45, 2.75) is 6.54 Å². The molecule has 9 aromatic carbocycles. The summed E-state index contributed by atoms with van der Waals surface area (Å²) in [7, 11) is 0. The maximum Gasteiger partial charge on any atom is 0.0494 e. The Labute approximate surface area is 334 Å². The molecule has 2 heterocycles. The second-order valence-electron chi connectivity index (χ2n) is 14.4. The minimum Gasteiger partial charge on any atom is -0.336 e. The Kier molecular flexibility index (Phi) is 8.01. The molecule has 0 radical (unpaired) electrons. The van der Waals surface area contributed by atoms with Gasteiger partial charge in [-0.05, 0) is 69.4 Å². The van der Waals surface area contributed by atoms with Crippen LogP contribution in [0.2, 0.25) is 0 Å². The zero-order valence-corrected chi connectivity index (χ0v) is 32.2. The van der Waals surface area contributed by atoms with Gasteiger partial charge in [-0.3, -0.25) is 0 Å². The van der Waals surface area contributed by atoms with Gasteiger partial charge in [-0.25, -0.2) is 0 Å². The van der Waals surface area contributed by atoms with Crippen LogP contribution in [0.15, 0.2) is 200 Å². The fraction of sp³-hybridized carbons (Fsp3) is 0.0189. The van der Waals surface area contributed by atoms with Gasteiger partial charge >= 0.3 is 0 Å². The molecule has 264 valence electrons. The molecule has 0 aliphatic heterocycles. The highest BCUT2D eigenvalue weighted by atomic mass is 32.1. The summed E-state index contributed by atoms with van der Waals surface area (Å²) in [6.07, 6.45) is 0. The van der Waals surface area contributed by atoms with Gasteiger partial charge in [0.05, 0.1) is 0 Å². The van der Waals surface area contributed by atoms with E-state index in [0.29, 0.717) is 6.54 Å². The smallest absolute Gasteiger partial charge is 0.0494 e. The lowest BCUT2D eigenvalue weighted by Crippen LogP contribution is -2.18. The fourth-order valence-electron chi connectivity index (χ4n) is 8.53. The minimum atomic E-state index is 0.695. The molecule has 56 heavy (non-hydrogen) atoms. The Morgan fingerprint density at radius 3 is 1.70 bits per heavy atom. The van der Waals surface area contributed by atoms with Crippen molar-refractivity contribution in [2.24, 2.45) is 0 Å². The first-order valence-electron chi connectivity index (χ1n) is 19.1. The van der Waals surface area contributed by atoms with Gasteiger partial charge in [-0.1, -0.05) is 164 Å². The average Bonchev–Trinajstić information content (AvgIpc) is 3.84. The lowest BCUT2D eigenvalue weighted by atomic mass is 9.95. The zero-order valence-electron chi connectivity index (χ0n) is 30.5. The van der Waals surface area contributed by atoms with E-state index >= 15 is 0 Å². The van der Waals surface area contributed by atoms with Crippen LogP contribution >= 0.6 is 22.7 Å². The van der Waals surface area contributed by atoms with Crippen LogP contribution < -0.4 is 4.90 Å². The summed E-state index contributed by atoms with van der Waals surface area (Å²) in [6, 6.07) is 73.7. The molecule has 0 amide bonds. The lowest BCUT2D eigenvalue weighted by molar-refractivity contribution is 0.978. The molecule has 11 rings (SSSR count). The van der Waals surface area contributed by atoms with Crippen LogP contribution in [0.3, 0.4) is 0 Å². The van der Waals surface area contributed by atoms with Crippen LogP contribution in [0.5, 0.6) is 0 Å². The van der Waals surface area contributed by atoms with Gasteiger partial charge in [0.2, 0.25) is 0 Å². The number of thiophene rings is 2. The zero-order chi connectivity index (χ0) is 37.0. The average molecular weight is 750 g/mol. The highest BCUT2D eigenvalue weighted by Crippen LogP contribution is 2.46. The summed E-state index contributed by atoms with van der Waals surface area (Å²) in [5, 5.41) is 7.78. The predicted octanol–water partition coefficient (Wildman–Crippen LogP) is 15.9. The van der Waals surface area contributed by atoms with Crippen LogP contribution in [0, 0.1) is 0 Å². The molecular weight excluding hydrogens is 715 g/mol. The molecule has 0 aliphatic carbocycles. The third-order valence-corrected chi connectivity index (χ3v) is 13.5. The van der Waals surface area contributed by atoms with Crippen molar-refractivity contribution in [1.29, 1.82) is 0 Å². The van der Waals surface area contributed by atoms with Gasteiger partial charge in [0.1, 0.15) is 0 Å². The summed E-state index contributed by atoms with van der Waals surface area (Å²) < 4.78 is 5.29. The molecule has 11 aromatic rings. The van der Waals surface area contributed by atoms with Crippen molar-refractivity contribution in [3.05, 3.63) is 206 Å². The highest BCUT2D eigenvalue weighted by molar-refractivity contribution is 7.26. The number of nitrogens with zero attached hydrogens (tertiary/aromatic N) is 1. The number of hydrogen-bond acceptors (Lipinski definition) is 3. The van der Waals surface area contributed by atoms with Crippen LogP contribution in [0.4, 0.5) is 11.4 Å². The highest BCUT2D eigenvalue weighted by Gasteiger charge is 2.22. The summed E-state index contributed by atoms with van der Waals surface area (Å²) in [5.41, 5.74) is 11.0. The Morgan fingerprint density at radius 2 is 0.875 bits per heavy atom. The largest absolute Gasteiger partial charge is 0.336 e. The van der Waals surface area contributed by atoms with E-state index in [1.54, 1.807) is 0 Å². The first-order valence-corrected chi connectivity index (χ1v) is 20.8. The third kappa shape index (κ3) is 5.59. The first-order chi connectivity index (χ1) is 27.8. The van der Waals surface area contributed by atoms with Crippen LogP contribution in [-0.4, -0.2) is 0 Å². The van der Waals surface area contributed by atoms with Crippen molar-refractivity contribution < 1.29 is 0 Å². The quantitative estimate of drug-likeness (QED) is 0.157. The molecule has 0 spiro atoms. The molecule has 0 saturated heterocycles. The standard InChI is InChI=1S/C53H35NS2/c1-2-18-39-36(15-1)16-12-23-40(39)41-19-3-7-26-48(41)54(49-27-8-4-20-42(49)46-24-13-25-47-44-22-6-10-29-51(44)56-53(46)47)34-35-14-11-17-37(32-35)38-30-31-45-43-21-5-9-28-50(43)55-52(45)33-38/h1-33H,34H2. The van der Waals surface area contributed by atoms with Crippen molar-refractivity contribution in [3.8, 4) is 33.4 Å². The third-order valence-electron chi connectivity index (χ3n) is 11.1. The molecule has 1 nitrogen and oxygen atoms in total. The van der Waals surface area contributed by atoms with Crippen molar-refractivity contribution in [2.75, 3.05) is 4.90 Å². The SMILES string of the molecule is c1cc(CN(c2ccccc2-c2cccc3ccccc23)c2ccccc2-c2cccc3c2sc2ccccc23)cc(-c2ccc3c(c2)sc2ccccc23)c1. The summed E-state index contributed by atoms with van der Waals surface area (Å²) in [4.78, 5) is 2.55. The number of anilines is 2. The number of hydrogen-bond donors (Lipinski definition) is 0. The summed E-state index contributed by atoms with van der Waals surface area (Å²) in [6.45, 7) is 0.695. The molecule has 0 bridgehead atoms. The van der Waals surface area contributed by atoms with Gasteiger partial charge in [0, 0.05) is 75.0 Å². The van der Waals surface area contributed by atoms with Gasteiger partial charge in [-0.2, -0.15) is 0 Å². The molecule has 0 aliphatic rings. The Morgan fingerprint density at radius 1 is 0.339 bits per heavy atom. The van der Waals surface area contributed by atoms with Gasteiger partial charge in [-0.15, -0.1) is 22.7 Å². The minimum absolute atomic E-state index is 0.695. The maximum absolute atomic E-state index is 2.55. The predicted molar refractivity (Wildman–Crippen MR) is 245 cm³/mol. The number of rotatable bonds is 7. The van der Waals surface area contributed by atoms with E-state index < -0.39 is 0 Å².